The Balaban J connectivity index is 1.26. The Kier molecular flexibility index (Phi) is 5.93. The number of pyridine rings is 2. The molecule has 0 saturated heterocycles. The van der Waals surface area contributed by atoms with Gasteiger partial charge in [0.15, 0.2) is 11.6 Å². The molecule has 3 aromatic heterocycles. The first-order chi connectivity index (χ1) is 16.5. The van der Waals surface area contributed by atoms with Crippen LogP contribution in [0.1, 0.15) is 37.8 Å². The predicted octanol–water partition coefficient (Wildman–Crippen LogP) is 4.12. The number of amides is 1. The topological polar surface area (TPSA) is 76.0 Å². The average Bonchev–Trinajstić information content (AvgIpc) is 3.48. The minimum atomic E-state index is -0.983. The standard InChI is InChI=1S/C25H20F2N4O2S/c26-21-6-5-15(9-22(21)27)13-31-8-2-4-19(25(31)33)24(32)30-11-17-10-16(14-34-17)20-12-29-23-18(20)3-1-7-28-23/h1-10,14,20H,11-13H2,(H,28,29)(H,30,32). The molecule has 0 radical (unpaired) electrons. The molecule has 1 unspecified atom stereocenters. The summed E-state index contributed by atoms with van der Waals surface area (Å²) >= 11 is 1.55. The molecule has 2 N–H and O–H groups in total. The van der Waals surface area contributed by atoms with Gasteiger partial charge in [-0.3, -0.25) is 9.59 Å². The zero-order valence-electron chi connectivity index (χ0n) is 17.9. The van der Waals surface area contributed by atoms with Crippen LogP contribution in [-0.2, 0) is 13.1 Å². The molecule has 34 heavy (non-hydrogen) atoms. The number of halogens is 2. The molecule has 1 aliphatic heterocycles. The highest BCUT2D eigenvalue weighted by molar-refractivity contribution is 7.10. The highest BCUT2D eigenvalue weighted by atomic mass is 32.1. The van der Waals surface area contributed by atoms with E-state index in [-0.39, 0.29) is 18.0 Å². The molecule has 0 fully saturated rings. The summed E-state index contributed by atoms with van der Waals surface area (Å²) in [6.07, 6.45) is 3.27. The van der Waals surface area contributed by atoms with Gasteiger partial charge in [0, 0.05) is 35.3 Å². The van der Waals surface area contributed by atoms with Crippen molar-refractivity contribution in [1.29, 1.82) is 0 Å². The summed E-state index contributed by atoms with van der Waals surface area (Å²) in [7, 11) is 0. The Morgan fingerprint density at radius 1 is 1.18 bits per heavy atom. The number of thiophene rings is 1. The Bertz CT molecular complexity index is 1430. The number of aromatic nitrogens is 2. The Labute approximate surface area is 197 Å². The van der Waals surface area contributed by atoms with Crippen LogP contribution in [0.15, 0.2) is 71.1 Å². The van der Waals surface area contributed by atoms with E-state index in [9.17, 15) is 18.4 Å². The molecule has 0 aliphatic carbocycles. The van der Waals surface area contributed by atoms with Gasteiger partial charge in [0.05, 0.1) is 13.1 Å². The summed E-state index contributed by atoms with van der Waals surface area (Å²) in [6, 6.07) is 12.5. The van der Waals surface area contributed by atoms with E-state index in [1.54, 1.807) is 23.6 Å². The van der Waals surface area contributed by atoms with Crippen LogP contribution in [-0.4, -0.2) is 22.0 Å². The molecule has 0 bridgehead atoms. The zero-order valence-corrected chi connectivity index (χ0v) is 18.7. The number of nitrogens with zero attached hydrogens (tertiary/aromatic N) is 2. The van der Waals surface area contributed by atoms with E-state index in [0.29, 0.717) is 12.1 Å². The van der Waals surface area contributed by atoms with Crippen molar-refractivity contribution >= 4 is 23.1 Å². The fourth-order valence-electron chi connectivity index (χ4n) is 4.06. The summed E-state index contributed by atoms with van der Waals surface area (Å²) in [5, 5.41) is 8.20. The zero-order chi connectivity index (χ0) is 23.7. The Morgan fingerprint density at radius 2 is 2.06 bits per heavy atom. The first-order valence-electron chi connectivity index (χ1n) is 10.7. The number of carbonyl (C=O) groups is 1. The summed E-state index contributed by atoms with van der Waals surface area (Å²) in [5.74, 6) is -1.31. The molecule has 0 saturated carbocycles. The monoisotopic (exact) mass is 478 g/mol. The Morgan fingerprint density at radius 3 is 2.91 bits per heavy atom. The number of hydrogen-bond donors (Lipinski definition) is 2. The van der Waals surface area contributed by atoms with Crippen molar-refractivity contribution in [3.05, 3.63) is 115 Å². The maximum atomic E-state index is 13.5. The van der Waals surface area contributed by atoms with E-state index < -0.39 is 23.1 Å². The van der Waals surface area contributed by atoms with E-state index in [0.717, 1.165) is 40.5 Å². The fraction of sp³-hybridized carbons (Fsp3) is 0.160. The SMILES string of the molecule is O=C(NCc1cc(C2CNc3ncccc32)cs1)c1cccn(Cc2ccc(F)c(F)c2)c1=O. The molecule has 172 valence electrons. The minimum Gasteiger partial charge on any atom is -0.369 e. The van der Waals surface area contributed by atoms with Gasteiger partial charge in [-0.1, -0.05) is 12.1 Å². The molecule has 4 heterocycles. The van der Waals surface area contributed by atoms with E-state index in [2.05, 4.69) is 33.1 Å². The van der Waals surface area contributed by atoms with Crippen LogP contribution in [0, 0.1) is 11.6 Å². The Hall–Kier alpha value is -3.85. The van der Waals surface area contributed by atoms with Crippen LogP contribution >= 0.6 is 11.3 Å². The lowest BCUT2D eigenvalue weighted by molar-refractivity contribution is 0.0949. The lowest BCUT2D eigenvalue weighted by atomic mass is 9.96. The maximum Gasteiger partial charge on any atom is 0.263 e. The van der Waals surface area contributed by atoms with Gasteiger partial charge in [-0.05, 0) is 52.9 Å². The molecule has 1 aromatic carbocycles. The summed E-state index contributed by atoms with van der Waals surface area (Å²) in [6.45, 7) is 1.09. The quantitative estimate of drug-likeness (QED) is 0.437. The predicted molar refractivity (Wildman–Crippen MR) is 126 cm³/mol. The molecule has 6 nitrogen and oxygen atoms in total. The van der Waals surface area contributed by atoms with Crippen molar-refractivity contribution in [3.63, 3.8) is 0 Å². The smallest absolute Gasteiger partial charge is 0.263 e. The number of hydrogen-bond acceptors (Lipinski definition) is 5. The maximum absolute atomic E-state index is 13.5. The van der Waals surface area contributed by atoms with Crippen LogP contribution in [0.2, 0.25) is 0 Å². The van der Waals surface area contributed by atoms with Gasteiger partial charge in [-0.25, -0.2) is 13.8 Å². The van der Waals surface area contributed by atoms with Crippen LogP contribution in [0.25, 0.3) is 0 Å². The van der Waals surface area contributed by atoms with Crippen LogP contribution in [0.4, 0.5) is 14.6 Å². The summed E-state index contributed by atoms with van der Waals surface area (Å²) < 4.78 is 28.0. The van der Waals surface area contributed by atoms with Crippen molar-refractivity contribution in [1.82, 2.24) is 14.9 Å². The van der Waals surface area contributed by atoms with Gasteiger partial charge in [0.25, 0.3) is 11.5 Å². The van der Waals surface area contributed by atoms with Gasteiger partial charge in [0.1, 0.15) is 11.4 Å². The highest BCUT2D eigenvalue weighted by Gasteiger charge is 2.25. The first kappa shape index (κ1) is 22.0. The minimum absolute atomic E-state index is 0.0122. The van der Waals surface area contributed by atoms with Crippen LogP contribution in [0.5, 0.6) is 0 Å². The number of anilines is 1. The molecule has 1 amide bonds. The second kappa shape index (κ2) is 9.18. The van der Waals surface area contributed by atoms with E-state index in [1.807, 2.05) is 6.07 Å². The second-order valence-corrected chi connectivity index (χ2v) is 9.00. The number of carbonyl (C=O) groups excluding carboxylic acids is 1. The number of nitrogens with one attached hydrogen (secondary N) is 2. The molecule has 1 aliphatic rings. The van der Waals surface area contributed by atoms with Gasteiger partial charge in [-0.2, -0.15) is 0 Å². The second-order valence-electron chi connectivity index (χ2n) is 8.01. The van der Waals surface area contributed by atoms with Crippen LogP contribution in [0.3, 0.4) is 0 Å². The third-order valence-electron chi connectivity index (χ3n) is 5.79. The van der Waals surface area contributed by atoms with Crippen molar-refractivity contribution in [3.8, 4) is 0 Å². The molecule has 4 aromatic rings. The third kappa shape index (κ3) is 4.34. The summed E-state index contributed by atoms with van der Waals surface area (Å²) in [5.41, 5.74) is 2.21. The lowest BCUT2D eigenvalue weighted by Gasteiger charge is -2.09. The van der Waals surface area contributed by atoms with E-state index in [1.165, 1.54) is 22.9 Å². The lowest BCUT2D eigenvalue weighted by Crippen LogP contribution is -2.32. The van der Waals surface area contributed by atoms with Crippen molar-refractivity contribution in [2.75, 3.05) is 11.9 Å². The highest BCUT2D eigenvalue weighted by Crippen LogP contribution is 2.36. The number of benzene rings is 1. The molecule has 5 rings (SSSR count). The van der Waals surface area contributed by atoms with Gasteiger partial charge in [0.2, 0.25) is 0 Å². The van der Waals surface area contributed by atoms with Crippen LogP contribution < -0.4 is 16.2 Å². The third-order valence-corrected chi connectivity index (χ3v) is 6.74. The van der Waals surface area contributed by atoms with Crippen molar-refractivity contribution < 1.29 is 13.6 Å². The van der Waals surface area contributed by atoms with Crippen molar-refractivity contribution in [2.45, 2.75) is 19.0 Å². The normalized spacial score (nSPS) is 14.5. The molecule has 1 atom stereocenters. The fourth-order valence-corrected chi connectivity index (χ4v) is 4.94. The average molecular weight is 479 g/mol. The van der Waals surface area contributed by atoms with Gasteiger partial charge < -0.3 is 15.2 Å². The van der Waals surface area contributed by atoms with E-state index >= 15 is 0 Å². The van der Waals surface area contributed by atoms with Crippen molar-refractivity contribution in [2.24, 2.45) is 0 Å². The van der Waals surface area contributed by atoms with E-state index in [4.69, 9.17) is 0 Å². The largest absolute Gasteiger partial charge is 0.369 e. The molecular formula is C25H20F2N4O2S. The molecule has 9 heteroatoms. The molecular weight excluding hydrogens is 458 g/mol. The van der Waals surface area contributed by atoms with Gasteiger partial charge in [-0.15, -0.1) is 11.3 Å². The number of rotatable bonds is 6. The summed E-state index contributed by atoms with van der Waals surface area (Å²) in [4.78, 5) is 30.8. The number of fused-ring (bicyclic) bond motifs is 1. The molecule has 0 spiro atoms. The van der Waals surface area contributed by atoms with Gasteiger partial charge >= 0.3 is 0 Å². The first-order valence-corrected chi connectivity index (χ1v) is 11.6.